The van der Waals surface area contributed by atoms with Crippen LogP contribution < -0.4 is 5.32 Å². The van der Waals surface area contributed by atoms with Crippen molar-refractivity contribution in [2.45, 2.75) is 26.8 Å². The molecule has 0 aromatic carbocycles. The molecule has 0 unspecified atom stereocenters. The first-order chi connectivity index (χ1) is 7.75. The van der Waals surface area contributed by atoms with Gasteiger partial charge in [0.05, 0.1) is 0 Å². The lowest BCUT2D eigenvalue weighted by atomic mass is 10.1. The van der Waals surface area contributed by atoms with Crippen LogP contribution in [0.2, 0.25) is 0 Å². The SMILES string of the molecule is CC(C)CNCCN1CCc2sccc2C1. The minimum Gasteiger partial charge on any atom is -0.315 e. The van der Waals surface area contributed by atoms with E-state index in [9.17, 15) is 0 Å². The van der Waals surface area contributed by atoms with E-state index in [2.05, 4.69) is 35.5 Å². The molecule has 1 aliphatic heterocycles. The van der Waals surface area contributed by atoms with Gasteiger partial charge < -0.3 is 5.32 Å². The van der Waals surface area contributed by atoms with E-state index in [1.54, 1.807) is 10.4 Å². The van der Waals surface area contributed by atoms with E-state index in [0.29, 0.717) is 0 Å². The van der Waals surface area contributed by atoms with Gasteiger partial charge in [0.25, 0.3) is 0 Å². The number of nitrogens with zero attached hydrogens (tertiary/aromatic N) is 1. The van der Waals surface area contributed by atoms with Gasteiger partial charge in [0.1, 0.15) is 0 Å². The number of rotatable bonds is 5. The molecule has 1 aromatic rings. The zero-order chi connectivity index (χ0) is 11.4. The third-order valence-corrected chi connectivity index (χ3v) is 4.07. The lowest BCUT2D eigenvalue weighted by molar-refractivity contribution is 0.254. The molecule has 2 rings (SSSR count). The van der Waals surface area contributed by atoms with Gasteiger partial charge >= 0.3 is 0 Å². The van der Waals surface area contributed by atoms with Crippen LogP contribution in [0, 0.1) is 5.92 Å². The quantitative estimate of drug-likeness (QED) is 0.792. The van der Waals surface area contributed by atoms with Crippen molar-refractivity contribution in [1.29, 1.82) is 0 Å². The second-order valence-electron chi connectivity index (χ2n) is 4.99. The first-order valence-electron chi connectivity index (χ1n) is 6.24. The maximum Gasteiger partial charge on any atom is 0.0245 e. The van der Waals surface area contributed by atoms with Crippen molar-refractivity contribution in [3.05, 3.63) is 21.9 Å². The summed E-state index contributed by atoms with van der Waals surface area (Å²) in [5.74, 6) is 0.754. The zero-order valence-corrected chi connectivity index (χ0v) is 11.1. The summed E-state index contributed by atoms with van der Waals surface area (Å²) in [6.45, 7) is 10.3. The van der Waals surface area contributed by atoms with Crippen molar-refractivity contribution in [2.24, 2.45) is 5.92 Å². The molecule has 1 N–H and O–H groups in total. The highest BCUT2D eigenvalue weighted by Crippen LogP contribution is 2.23. The van der Waals surface area contributed by atoms with Crippen molar-refractivity contribution in [2.75, 3.05) is 26.2 Å². The highest BCUT2D eigenvalue weighted by Gasteiger charge is 2.16. The van der Waals surface area contributed by atoms with Crippen molar-refractivity contribution in [1.82, 2.24) is 10.2 Å². The average Bonchev–Trinajstić information content (AvgIpc) is 2.71. The lowest BCUT2D eigenvalue weighted by Gasteiger charge is -2.26. The van der Waals surface area contributed by atoms with E-state index in [4.69, 9.17) is 0 Å². The lowest BCUT2D eigenvalue weighted by Crippen LogP contribution is -2.36. The van der Waals surface area contributed by atoms with Crippen molar-refractivity contribution in [3.63, 3.8) is 0 Å². The van der Waals surface area contributed by atoms with Crippen LogP contribution in [-0.4, -0.2) is 31.1 Å². The Bertz CT molecular complexity index is 319. The molecule has 3 heteroatoms. The summed E-state index contributed by atoms with van der Waals surface area (Å²) < 4.78 is 0. The zero-order valence-electron chi connectivity index (χ0n) is 10.3. The predicted molar refractivity (Wildman–Crippen MR) is 71.0 cm³/mol. The summed E-state index contributed by atoms with van der Waals surface area (Å²) in [4.78, 5) is 4.16. The number of nitrogens with one attached hydrogen (secondary N) is 1. The molecular weight excluding hydrogens is 216 g/mol. The Labute approximate surface area is 103 Å². The van der Waals surface area contributed by atoms with Crippen LogP contribution in [0.5, 0.6) is 0 Å². The number of hydrogen-bond acceptors (Lipinski definition) is 3. The normalized spacial score (nSPS) is 16.7. The molecule has 0 saturated carbocycles. The van der Waals surface area contributed by atoms with Crippen LogP contribution in [0.15, 0.2) is 11.4 Å². The maximum absolute atomic E-state index is 3.51. The molecule has 1 aliphatic rings. The molecule has 0 spiro atoms. The Hall–Kier alpha value is -0.380. The molecule has 0 radical (unpaired) electrons. The summed E-state index contributed by atoms with van der Waals surface area (Å²) in [5, 5.41) is 5.74. The summed E-state index contributed by atoms with van der Waals surface area (Å²) in [6.07, 6.45) is 1.25. The summed E-state index contributed by atoms with van der Waals surface area (Å²) in [6, 6.07) is 2.29. The molecule has 2 nitrogen and oxygen atoms in total. The van der Waals surface area contributed by atoms with Gasteiger partial charge in [-0.3, -0.25) is 4.90 Å². The third kappa shape index (κ3) is 3.30. The molecule has 0 amide bonds. The highest BCUT2D eigenvalue weighted by atomic mass is 32.1. The standard InChI is InChI=1S/C13H22N2S/c1-11(2)9-14-5-7-15-6-3-13-12(10-15)4-8-16-13/h4,8,11,14H,3,5-7,9-10H2,1-2H3. The Balaban J connectivity index is 1.69. The number of thiophene rings is 1. The second kappa shape index (κ2) is 5.80. The number of hydrogen-bond donors (Lipinski definition) is 1. The van der Waals surface area contributed by atoms with E-state index in [1.165, 1.54) is 19.5 Å². The van der Waals surface area contributed by atoms with Gasteiger partial charge in [-0.25, -0.2) is 0 Å². The first-order valence-corrected chi connectivity index (χ1v) is 7.12. The highest BCUT2D eigenvalue weighted by molar-refractivity contribution is 7.10. The summed E-state index contributed by atoms with van der Waals surface area (Å²) in [5.41, 5.74) is 1.56. The Morgan fingerprint density at radius 3 is 3.19 bits per heavy atom. The van der Waals surface area contributed by atoms with Gasteiger partial charge in [0, 0.05) is 31.1 Å². The van der Waals surface area contributed by atoms with Gasteiger partial charge in [0.15, 0.2) is 0 Å². The Morgan fingerprint density at radius 1 is 1.50 bits per heavy atom. The molecule has 2 heterocycles. The topological polar surface area (TPSA) is 15.3 Å². The van der Waals surface area contributed by atoms with Crippen molar-refractivity contribution < 1.29 is 0 Å². The predicted octanol–water partition coefficient (Wildman–Crippen LogP) is 2.35. The molecule has 0 fully saturated rings. The van der Waals surface area contributed by atoms with E-state index >= 15 is 0 Å². The van der Waals surface area contributed by atoms with Gasteiger partial charge in [-0.05, 0) is 35.9 Å². The maximum atomic E-state index is 3.51. The number of fused-ring (bicyclic) bond motifs is 1. The fraction of sp³-hybridized carbons (Fsp3) is 0.692. The molecular formula is C13H22N2S. The van der Waals surface area contributed by atoms with Gasteiger partial charge in [0.2, 0.25) is 0 Å². The fourth-order valence-electron chi connectivity index (χ4n) is 2.13. The van der Waals surface area contributed by atoms with E-state index in [1.807, 2.05) is 11.3 Å². The monoisotopic (exact) mass is 238 g/mol. The van der Waals surface area contributed by atoms with Crippen LogP contribution in [-0.2, 0) is 13.0 Å². The van der Waals surface area contributed by atoms with Gasteiger partial charge in [-0.2, -0.15) is 0 Å². The Kier molecular flexibility index (Phi) is 4.38. The Morgan fingerprint density at radius 2 is 2.38 bits per heavy atom. The molecule has 0 saturated heterocycles. The molecule has 16 heavy (non-hydrogen) atoms. The van der Waals surface area contributed by atoms with E-state index in [0.717, 1.165) is 25.6 Å². The van der Waals surface area contributed by atoms with E-state index < -0.39 is 0 Å². The fourth-order valence-corrected chi connectivity index (χ4v) is 3.02. The average molecular weight is 238 g/mol. The van der Waals surface area contributed by atoms with Crippen LogP contribution in [0.3, 0.4) is 0 Å². The van der Waals surface area contributed by atoms with Crippen molar-refractivity contribution >= 4 is 11.3 Å². The summed E-state index contributed by atoms with van der Waals surface area (Å²) in [7, 11) is 0. The van der Waals surface area contributed by atoms with Crippen LogP contribution in [0.4, 0.5) is 0 Å². The second-order valence-corrected chi connectivity index (χ2v) is 5.99. The first kappa shape index (κ1) is 12.1. The smallest absolute Gasteiger partial charge is 0.0245 e. The third-order valence-electron chi connectivity index (χ3n) is 3.04. The molecule has 0 atom stereocenters. The summed E-state index contributed by atoms with van der Waals surface area (Å²) >= 11 is 1.92. The van der Waals surface area contributed by atoms with Crippen molar-refractivity contribution in [3.8, 4) is 0 Å². The van der Waals surface area contributed by atoms with Crippen LogP contribution in [0.1, 0.15) is 24.3 Å². The van der Waals surface area contributed by atoms with Crippen LogP contribution >= 0.6 is 11.3 Å². The minimum atomic E-state index is 0.754. The molecule has 1 aromatic heterocycles. The largest absolute Gasteiger partial charge is 0.315 e. The molecule has 0 aliphatic carbocycles. The molecule has 0 bridgehead atoms. The van der Waals surface area contributed by atoms with E-state index in [-0.39, 0.29) is 0 Å². The van der Waals surface area contributed by atoms with Crippen LogP contribution in [0.25, 0.3) is 0 Å². The minimum absolute atomic E-state index is 0.754. The molecule has 90 valence electrons. The van der Waals surface area contributed by atoms with Gasteiger partial charge in [-0.15, -0.1) is 11.3 Å². The van der Waals surface area contributed by atoms with Gasteiger partial charge in [-0.1, -0.05) is 13.8 Å².